The summed E-state index contributed by atoms with van der Waals surface area (Å²) in [7, 11) is 0. The van der Waals surface area contributed by atoms with Gasteiger partial charge in [-0.25, -0.2) is 0 Å². The van der Waals surface area contributed by atoms with E-state index in [9.17, 15) is 0 Å². The molecule has 0 unspecified atom stereocenters. The largest absolute Gasteiger partial charge is 0.399 e. The predicted octanol–water partition coefficient (Wildman–Crippen LogP) is 3.73. The van der Waals surface area contributed by atoms with E-state index in [1.165, 1.54) is 5.56 Å². The van der Waals surface area contributed by atoms with Crippen molar-refractivity contribution >= 4 is 56.6 Å². The van der Waals surface area contributed by atoms with E-state index in [0.717, 1.165) is 24.1 Å². The van der Waals surface area contributed by atoms with E-state index in [4.69, 9.17) is 11.5 Å². The average Bonchev–Trinajstić information content (AvgIpc) is 2.26. The molecular weight excluding hydrogens is 426 g/mol. The van der Waals surface area contributed by atoms with Gasteiger partial charge in [0.25, 0.3) is 0 Å². The van der Waals surface area contributed by atoms with Crippen molar-refractivity contribution in [3.8, 4) is 11.1 Å². The van der Waals surface area contributed by atoms with Crippen LogP contribution < -0.4 is 11.5 Å². The zero-order valence-electron chi connectivity index (χ0n) is 8.37. The molecule has 2 nitrogen and oxygen atoms in total. The molecule has 0 spiro atoms. The molecule has 0 atom stereocenters. The number of benzene rings is 2. The van der Waals surface area contributed by atoms with Crippen LogP contribution in [0.15, 0.2) is 36.4 Å². The molecule has 2 aromatic rings. The molecule has 0 saturated carbocycles. The van der Waals surface area contributed by atoms with Gasteiger partial charge in [0.2, 0.25) is 0 Å². The van der Waals surface area contributed by atoms with Crippen LogP contribution in [0, 0.1) is 7.14 Å². The van der Waals surface area contributed by atoms with E-state index in [0.29, 0.717) is 0 Å². The first kappa shape index (κ1) is 12.0. The Morgan fingerprint density at radius 3 is 1.75 bits per heavy atom. The number of nitrogens with two attached hydrogens (primary N) is 2. The van der Waals surface area contributed by atoms with Gasteiger partial charge in [0, 0.05) is 12.8 Å². The summed E-state index contributed by atoms with van der Waals surface area (Å²) < 4.78 is 2.16. The Balaban J connectivity index is 2.52. The third-order valence-electron chi connectivity index (χ3n) is 2.32. The van der Waals surface area contributed by atoms with E-state index in [1.54, 1.807) is 0 Å². The summed E-state index contributed by atoms with van der Waals surface area (Å²) in [6, 6.07) is 12.0. The van der Waals surface area contributed by atoms with Crippen LogP contribution in [0.2, 0.25) is 0 Å². The number of halogens is 2. The standard InChI is InChI=1S/C12H10I2N2/c13-10-5-8(6-11(14)12(10)16)7-1-3-9(15)4-2-7/h1-6H,15-16H2. The lowest BCUT2D eigenvalue weighted by atomic mass is 10.1. The van der Waals surface area contributed by atoms with Crippen LogP contribution in [0.4, 0.5) is 11.4 Å². The summed E-state index contributed by atoms with van der Waals surface area (Å²) >= 11 is 4.51. The average molecular weight is 436 g/mol. The molecule has 82 valence electrons. The van der Waals surface area contributed by atoms with E-state index in [2.05, 4.69) is 57.3 Å². The molecule has 0 radical (unpaired) electrons. The number of rotatable bonds is 1. The fourth-order valence-corrected chi connectivity index (χ4v) is 3.19. The van der Waals surface area contributed by atoms with Crippen molar-refractivity contribution in [3.63, 3.8) is 0 Å². The molecule has 0 bridgehead atoms. The minimum atomic E-state index is 0.781. The Kier molecular flexibility index (Phi) is 3.58. The summed E-state index contributed by atoms with van der Waals surface area (Å²) in [6.07, 6.45) is 0. The molecule has 0 amide bonds. The zero-order chi connectivity index (χ0) is 11.7. The summed E-state index contributed by atoms with van der Waals surface area (Å²) in [5.74, 6) is 0. The first-order valence-electron chi connectivity index (χ1n) is 4.68. The first-order valence-corrected chi connectivity index (χ1v) is 6.84. The van der Waals surface area contributed by atoms with Crippen molar-refractivity contribution in [1.29, 1.82) is 0 Å². The van der Waals surface area contributed by atoms with E-state index < -0.39 is 0 Å². The zero-order valence-corrected chi connectivity index (χ0v) is 12.7. The molecular formula is C12H10I2N2. The van der Waals surface area contributed by atoms with E-state index >= 15 is 0 Å². The predicted molar refractivity (Wildman–Crippen MR) is 86.1 cm³/mol. The van der Waals surface area contributed by atoms with Crippen LogP contribution in [0.3, 0.4) is 0 Å². The lowest BCUT2D eigenvalue weighted by molar-refractivity contribution is 1.55. The molecule has 0 aromatic heterocycles. The van der Waals surface area contributed by atoms with E-state index in [1.807, 2.05) is 24.3 Å². The topological polar surface area (TPSA) is 52.0 Å². The molecule has 0 fully saturated rings. The van der Waals surface area contributed by atoms with Gasteiger partial charge in [-0.05, 0) is 80.6 Å². The molecule has 0 aliphatic rings. The summed E-state index contributed by atoms with van der Waals surface area (Å²) in [6.45, 7) is 0. The van der Waals surface area contributed by atoms with Gasteiger partial charge in [-0.1, -0.05) is 12.1 Å². The Morgan fingerprint density at radius 2 is 1.25 bits per heavy atom. The highest BCUT2D eigenvalue weighted by Crippen LogP contribution is 2.29. The van der Waals surface area contributed by atoms with Crippen molar-refractivity contribution in [3.05, 3.63) is 43.5 Å². The van der Waals surface area contributed by atoms with Crippen LogP contribution in [0.25, 0.3) is 11.1 Å². The van der Waals surface area contributed by atoms with Crippen LogP contribution in [-0.4, -0.2) is 0 Å². The second-order valence-electron chi connectivity index (χ2n) is 3.48. The maximum Gasteiger partial charge on any atom is 0.0585 e. The molecule has 2 aromatic carbocycles. The highest BCUT2D eigenvalue weighted by atomic mass is 127. The fraction of sp³-hybridized carbons (Fsp3) is 0. The molecule has 16 heavy (non-hydrogen) atoms. The summed E-state index contributed by atoms with van der Waals surface area (Å²) in [5, 5.41) is 0. The van der Waals surface area contributed by atoms with Crippen molar-refractivity contribution in [2.45, 2.75) is 0 Å². The van der Waals surface area contributed by atoms with Crippen LogP contribution in [0.5, 0.6) is 0 Å². The first-order chi connectivity index (χ1) is 7.58. The minimum Gasteiger partial charge on any atom is -0.399 e. The molecule has 0 aliphatic carbocycles. The Labute approximate surface area is 122 Å². The molecule has 0 heterocycles. The highest BCUT2D eigenvalue weighted by molar-refractivity contribution is 14.1. The number of hydrogen-bond donors (Lipinski definition) is 2. The second-order valence-corrected chi connectivity index (χ2v) is 5.80. The molecule has 4 N–H and O–H groups in total. The number of anilines is 2. The normalized spacial score (nSPS) is 10.4. The molecule has 2 rings (SSSR count). The van der Waals surface area contributed by atoms with Gasteiger partial charge in [0.05, 0.1) is 5.69 Å². The maximum absolute atomic E-state index is 5.92. The van der Waals surface area contributed by atoms with Gasteiger partial charge in [-0.2, -0.15) is 0 Å². The Bertz CT molecular complexity index is 498. The summed E-state index contributed by atoms with van der Waals surface area (Å²) in [4.78, 5) is 0. The number of hydrogen-bond acceptors (Lipinski definition) is 2. The fourth-order valence-electron chi connectivity index (χ4n) is 1.43. The van der Waals surface area contributed by atoms with Gasteiger partial charge in [0.15, 0.2) is 0 Å². The Morgan fingerprint density at radius 1 is 0.750 bits per heavy atom. The number of nitrogen functional groups attached to an aromatic ring is 2. The quantitative estimate of drug-likeness (QED) is 0.529. The van der Waals surface area contributed by atoms with E-state index in [-0.39, 0.29) is 0 Å². The Hall–Kier alpha value is -0.500. The van der Waals surface area contributed by atoms with Crippen molar-refractivity contribution in [2.24, 2.45) is 0 Å². The van der Waals surface area contributed by atoms with Gasteiger partial charge >= 0.3 is 0 Å². The van der Waals surface area contributed by atoms with Crippen LogP contribution >= 0.6 is 45.2 Å². The molecule has 4 heteroatoms. The molecule has 0 saturated heterocycles. The minimum absolute atomic E-state index is 0.781. The van der Waals surface area contributed by atoms with Crippen molar-refractivity contribution in [1.82, 2.24) is 0 Å². The van der Waals surface area contributed by atoms with Gasteiger partial charge in [-0.3, -0.25) is 0 Å². The van der Waals surface area contributed by atoms with Gasteiger partial charge < -0.3 is 11.5 Å². The third-order valence-corrected chi connectivity index (χ3v) is 4.11. The third kappa shape index (κ3) is 2.42. The summed E-state index contributed by atoms with van der Waals surface area (Å²) in [5.41, 5.74) is 15.5. The lowest BCUT2D eigenvalue weighted by Gasteiger charge is -2.07. The SMILES string of the molecule is Nc1ccc(-c2cc(I)c(N)c(I)c2)cc1. The second kappa shape index (κ2) is 4.79. The van der Waals surface area contributed by atoms with Crippen molar-refractivity contribution < 1.29 is 0 Å². The lowest BCUT2D eigenvalue weighted by Crippen LogP contribution is -1.94. The van der Waals surface area contributed by atoms with Crippen LogP contribution in [0.1, 0.15) is 0 Å². The smallest absolute Gasteiger partial charge is 0.0585 e. The highest BCUT2D eigenvalue weighted by Gasteiger charge is 2.05. The van der Waals surface area contributed by atoms with Gasteiger partial charge in [0.1, 0.15) is 0 Å². The van der Waals surface area contributed by atoms with Crippen LogP contribution in [-0.2, 0) is 0 Å². The monoisotopic (exact) mass is 436 g/mol. The van der Waals surface area contributed by atoms with Crippen molar-refractivity contribution in [2.75, 3.05) is 11.5 Å². The maximum atomic E-state index is 5.92. The molecule has 0 aliphatic heterocycles. The van der Waals surface area contributed by atoms with Gasteiger partial charge in [-0.15, -0.1) is 0 Å².